The largest absolute Gasteiger partial charge is 0.314 e. The van der Waals surface area contributed by atoms with Gasteiger partial charge in [0.15, 0.2) is 0 Å². The molecule has 102 valence electrons. The fraction of sp³-hybridized carbons (Fsp3) is 0.357. The minimum atomic E-state index is -0.236. The smallest absolute Gasteiger partial charge is 0.127 e. The summed E-state index contributed by atoms with van der Waals surface area (Å²) in [4.78, 5) is 5.26. The van der Waals surface area contributed by atoms with Crippen LogP contribution in [0.4, 0.5) is 4.39 Å². The summed E-state index contributed by atoms with van der Waals surface area (Å²) < 4.78 is 13.8. The molecule has 2 nitrogen and oxygen atoms in total. The number of hydrogen-bond acceptors (Lipinski definition) is 3. The molecule has 1 heterocycles. The molecule has 1 N–H and O–H groups in total. The molecule has 0 aliphatic carbocycles. The summed E-state index contributed by atoms with van der Waals surface area (Å²) in [6, 6.07) is 4.99. The van der Waals surface area contributed by atoms with Crippen LogP contribution in [0.15, 0.2) is 29.9 Å². The lowest BCUT2D eigenvalue weighted by molar-refractivity contribution is 0.508. The highest BCUT2D eigenvalue weighted by Crippen LogP contribution is 2.22. The Hall–Kier alpha value is -0.970. The van der Waals surface area contributed by atoms with Crippen LogP contribution in [-0.2, 0) is 12.8 Å². The van der Waals surface area contributed by atoms with Gasteiger partial charge in [-0.05, 0) is 31.5 Å². The average molecular weight is 299 g/mol. The lowest BCUT2D eigenvalue weighted by Gasteiger charge is -2.18. The SMILES string of the molecule is CCNC(Cc1cncs1)Cc1c(F)cccc1Cl. The van der Waals surface area contributed by atoms with Gasteiger partial charge in [-0.25, -0.2) is 4.39 Å². The number of nitrogens with zero attached hydrogens (tertiary/aromatic N) is 1. The van der Waals surface area contributed by atoms with Gasteiger partial charge in [0.05, 0.1) is 5.51 Å². The molecule has 1 unspecified atom stereocenters. The topological polar surface area (TPSA) is 24.9 Å². The summed E-state index contributed by atoms with van der Waals surface area (Å²) in [5.41, 5.74) is 2.40. The molecule has 2 aromatic rings. The van der Waals surface area contributed by atoms with E-state index in [0.29, 0.717) is 17.0 Å². The second-order valence-electron chi connectivity index (χ2n) is 4.33. The van der Waals surface area contributed by atoms with Gasteiger partial charge in [-0.1, -0.05) is 24.6 Å². The first-order chi connectivity index (χ1) is 9.20. The zero-order valence-corrected chi connectivity index (χ0v) is 12.3. The first kappa shape index (κ1) is 14.4. The maximum atomic E-state index is 13.8. The van der Waals surface area contributed by atoms with Gasteiger partial charge in [0.2, 0.25) is 0 Å². The van der Waals surface area contributed by atoms with Gasteiger partial charge in [0, 0.05) is 27.7 Å². The van der Waals surface area contributed by atoms with E-state index in [-0.39, 0.29) is 11.9 Å². The summed E-state index contributed by atoms with van der Waals surface area (Å²) in [6.07, 6.45) is 3.28. The van der Waals surface area contributed by atoms with Gasteiger partial charge in [-0.15, -0.1) is 11.3 Å². The van der Waals surface area contributed by atoms with Gasteiger partial charge in [-0.2, -0.15) is 0 Å². The zero-order valence-electron chi connectivity index (χ0n) is 10.7. The predicted octanol–water partition coefficient (Wildman–Crippen LogP) is 3.70. The van der Waals surface area contributed by atoms with Crippen LogP contribution in [0.2, 0.25) is 5.02 Å². The van der Waals surface area contributed by atoms with E-state index in [1.807, 2.05) is 18.6 Å². The molecule has 1 atom stereocenters. The first-order valence-electron chi connectivity index (χ1n) is 6.24. The minimum Gasteiger partial charge on any atom is -0.314 e. The Bertz CT molecular complexity index is 496. The highest BCUT2D eigenvalue weighted by Gasteiger charge is 2.15. The van der Waals surface area contributed by atoms with Crippen LogP contribution in [0.1, 0.15) is 17.4 Å². The Labute approximate surface area is 121 Å². The van der Waals surface area contributed by atoms with Crippen molar-refractivity contribution in [2.24, 2.45) is 0 Å². The van der Waals surface area contributed by atoms with E-state index in [2.05, 4.69) is 10.3 Å². The summed E-state index contributed by atoms with van der Waals surface area (Å²) in [5, 5.41) is 3.87. The number of benzene rings is 1. The van der Waals surface area contributed by atoms with Crippen LogP contribution in [0.5, 0.6) is 0 Å². The number of hydrogen-bond donors (Lipinski definition) is 1. The van der Waals surface area contributed by atoms with Crippen molar-refractivity contribution in [3.63, 3.8) is 0 Å². The van der Waals surface area contributed by atoms with Crippen LogP contribution in [-0.4, -0.2) is 17.6 Å². The lowest BCUT2D eigenvalue weighted by atomic mass is 10.0. The molecule has 5 heteroatoms. The first-order valence-corrected chi connectivity index (χ1v) is 7.50. The Morgan fingerprint density at radius 2 is 2.26 bits per heavy atom. The number of rotatable bonds is 6. The second kappa shape index (κ2) is 6.98. The average Bonchev–Trinajstić information content (AvgIpc) is 2.87. The number of nitrogens with one attached hydrogen (secondary N) is 1. The Morgan fingerprint density at radius 3 is 2.89 bits per heavy atom. The number of thiazole rings is 1. The maximum Gasteiger partial charge on any atom is 0.127 e. The molecule has 0 amide bonds. The molecule has 0 saturated heterocycles. The lowest BCUT2D eigenvalue weighted by Crippen LogP contribution is -2.33. The number of likely N-dealkylation sites (N-methyl/N-ethyl adjacent to an activating group) is 1. The van der Waals surface area contributed by atoms with Crippen molar-refractivity contribution in [1.82, 2.24) is 10.3 Å². The monoisotopic (exact) mass is 298 g/mol. The molecular weight excluding hydrogens is 283 g/mol. The summed E-state index contributed by atoms with van der Waals surface area (Å²) >= 11 is 7.70. The number of aromatic nitrogens is 1. The van der Waals surface area contributed by atoms with E-state index in [1.54, 1.807) is 23.5 Å². The van der Waals surface area contributed by atoms with Crippen molar-refractivity contribution in [2.75, 3.05) is 6.54 Å². The standard InChI is InChI=1S/C14H16ClFN2S/c1-2-18-10(6-11-8-17-9-19-11)7-12-13(15)4-3-5-14(12)16/h3-5,8-10,18H,2,6-7H2,1H3. The van der Waals surface area contributed by atoms with Gasteiger partial charge in [0.1, 0.15) is 5.82 Å². The van der Waals surface area contributed by atoms with Crippen LogP contribution in [0.3, 0.4) is 0 Å². The fourth-order valence-corrected chi connectivity index (χ4v) is 2.98. The molecule has 0 aliphatic heterocycles. The highest BCUT2D eigenvalue weighted by molar-refractivity contribution is 7.09. The van der Waals surface area contributed by atoms with Gasteiger partial charge < -0.3 is 5.32 Å². The summed E-state index contributed by atoms with van der Waals surface area (Å²) in [7, 11) is 0. The van der Waals surface area contributed by atoms with E-state index >= 15 is 0 Å². The zero-order chi connectivity index (χ0) is 13.7. The van der Waals surface area contributed by atoms with Crippen LogP contribution < -0.4 is 5.32 Å². The molecule has 0 aliphatic rings. The Balaban J connectivity index is 2.12. The van der Waals surface area contributed by atoms with Gasteiger partial charge >= 0.3 is 0 Å². The van der Waals surface area contributed by atoms with Crippen molar-refractivity contribution in [3.05, 3.63) is 51.2 Å². The summed E-state index contributed by atoms with van der Waals surface area (Å²) in [5.74, 6) is -0.236. The predicted molar refractivity (Wildman–Crippen MR) is 78.4 cm³/mol. The molecule has 19 heavy (non-hydrogen) atoms. The molecular formula is C14H16ClFN2S. The number of halogens is 2. The quantitative estimate of drug-likeness (QED) is 0.879. The van der Waals surface area contributed by atoms with Crippen LogP contribution >= 0.6 is 22.9 Å². The maximum absolute atomic E-state index is 13.8. The van der Waals surface area contributed by atoms with E-state index in [1.165, 1.54) is 10.9 Å². The second-order valence-corrected chi connectivity index (χ2v) is 5.71. The van der Waals surface area contributed by atoms with Gasteiger partial charge in [0.25, 0.3) is 0 Å². The van der Waals surface area contributed by atoms with Gasteiger partial charge in [-0.3, -0.25) is 4.98 Å². The molecule has 0 radical (unpaired) electrons. The fourth-order valence-electron chi connectivity index (χ4n) is 2.06. The molecule has 1 aromatic heterocycles. The molecule has 0 fully saturated rings. The molecule has 2 rings (SSSR count). The third-order valence-corrected chi connectivity index (χ3v) is 4.09. The molecule has 0 spiro atoms. The van der Waals surface area contributed by atoms with Crippen molar-refractivity contribution in [2.45, 2.75) is 25.8 Å². The Morgan fingerprint density at radius 1 is 1.42 bits per heavy atom. The van der Waals surface area contributed by atoms with Crippen LogP contribution in [0.25, 0.3) is 0 Å². The van der Waals surface area contributed by atoms with E-state index in [9.17, 15) is 4.39 Å². The normalized spacial score (nSPS) is 12.6. The third-order valence-electron chi connectivity index (χ3n) is 2.94. The van der Waals surface area contributed by atoms with E-state index in [0.717, 1.165) is 13.0 Å². The molecule has 0 bridgehead atoms. The van der Waals surface area contributed by atoms with Crippen molar-refractivity contribution in [1.29, 1.82) is 0 Å². The Kier molecular flexibility index (Phi) is 5.31. The van der Waals surface area contributed by atoms with Crippen molar-refractivity contribution < 1.29 is 4.39 Å². The highest BCUT2D eigenvalue weighted by atomic mass is 35.5. The van der Waals surface area contributed by atoms with E-state index < -0.39 is 0 Å². The van der Waals surface area contributed by atoms with Crippen molar-refractivity contribution in [3.8, 4) is 0 Å². The molecule has 0 saturated carbocycles. The van der Waals surface area contributed by atoms with Crippen LogP contribution in [0, 0.1) is 5.82 Å². The summed E-state index contributed by atoms with van der Waals surface area (Å²) in [6.45, 7) is 2.89. The minimum absolute atomic E-state index is 0.167. The molecule has 1 aromatic carbocycles. The van der Waals surface area contributed by atoms with Crippen molar-refractivity contribution >= 4 is 22.9 Å². The van der Waals surface area contributed by atoms with E-state index in [4.69, 9.17) is 11.6 Å². The third kappa shape index (κ3) is 4.00.